The van der Waals surface area contributed by atoms with Crippen LogP contribution in [0.4, 0.5) is 29.0 Å². The van der Waals surface area contributed by atoms with Gasteiger partial charge in [-0.25, -0.2) is 9.67 Å². The fourth-order valence-electron chi connectivity index (χ4n) is 3.37. The highest BCUT2D eigenvalue weighted by Crippen LogP contribution is 2.25. The molecule has 3 aromatic heterocycles. The van der Waals surface area contributed by atoms with Crippen molar-refractivity contribution < 1.29 is 4.79 Å². The minimum atomic E-state index is -0.218. The molecule has 0 fully saturated rings. The Labute approximate surface area is 185 Å². The summed E-state index contributed by atoms with van der Waals surface area (Å²) in [5.74, 6) is 0.998. The Morgan fingerprint density at radius 1 is 1.19 bits per heavy atom. The molecule has 0 saturated heterocycles. The zero-order valence-corrected chi connectivity index (χ0v) is 18.5. The van der Waals surface area contributed by atoms with Crippen molar-refractivity contribution >= 4 is 46.0 Å². The first-order valence-corrected chi connectivity index (χ1v) is 10.2. The molecule has 4 rings (SSSR count). The van der Waals surface area contributed by atoms with Crippen molar-refractivity contribution in [3.63, 3.8) is 0 Å². The first kappa shape index (κ1) is 21.1. The number of hydrogen-bond acceptors (Lipinski definition) is 8. The van der Waals surface area contributed by atoms with E-state index < -0.39 is 0 Å². The van der Waals surface area contributed by atoms with E-state index in [9.17, 15) is 4.79 Å². The van der Waals surface area contributed by atoms with E-state index in [2.05, 4.69) is 30.7 Å². The molecular weight excluding hydrogens is 408 g/mol. The number of nitrogens with zero attached hydrogens (tertiary/aromatic N) is 7. The van der Waals surface area contributed by atoms with Crippen LogP contribution in [-0.2, 0) is 17.9 Å². The lowest BCUT2D eigenvalue weighted by molar-refractivity contribution is -0.116. The Hall–Kier alpha value is -4.15. The van der Waals surface area contributed by atoms with Crippen molar-refractivity contribution in [1.29, 1.82) is 0 Å². The zero-order valence-electron chi connectivity index (χ0n) is 18.5. The highest BCUT2D eigenvalue weighted by molar-refractivity contribution is 5.92. The highest BCUT2D eigenvalue weighted by Gasteiger charge is 2.16. The number of nitrogen functional groups attached to an aromatic ring is 1. The van der Waals surface area contributed by atoms with Crippen LogP contribution in [0.1, 0.15) is 12.6 Å². The number of hydrogen-bond donors (Lipinski definition) is 3. The van der Waals surface area contributed by atoms with Crippen LogP contribution >= 0.6 is 0 Å². The minimum absolute atomic E-state index is 0.0257. The molecule has 0 aliphatic heterocycles. The number of benzene rings is 1. The van der Waals surface area contributed by atoms with Gasteiger partial charge in [0.1, 0.15) is 12.4 Å². The summed E-state index contributed by atoms with van der Waals surface area (Å²) in [6.07, 6.45) is 1.56. The number of imidazole rings is 1. The average Bonchev–Trinajstić information content (AvgIpc) is 3.31. The molecular formula is C21H26N10O. The fraction of sp³-hybridized carbons (Fsp3) is 0.286. The van der Waals surface area contributed by atoms with E-state index in [1.807, 2.05) is 63.2 Å². The van der Waals surface area contributed by atoms with Crippen LogP contribution in [0.3, 0.4) is 0 Å². The maximum absolute atomic E-state index is 12.7. The molecule has 0 bridgehead atoms. The number of nitrogens with two attached hydrogens (primary N) is 1. The summed E-state index contributed by atoms with van der Waals surface area (Å²) in [5.41, 5.74) is 9.70. The first-order valence-electron chi connectivity index (χ1n) is 10.2. The van der Waals surface area contributed by atoms with Crippen LogP contribution < -0.4 is 21.3 Å². The van der Waals surface area contributed by atoms with Gasteiger partial charge < -0.3 is 25.8 Å². The molecule has 11 nitrogen and oxygen atoms in total. The lowest BCUT2D eigenvalue weighted by atomic mass is 10.2. The normalized spacial score (nSPS) is 11.0. The molecule has 0 unspecified atom stereocenters. The van der Waals surface area contributed by atoms with Gasteiger partial charge in [-0.1, -0.05) is 0 Å². The van der Waals surface area contributed by atoms with E-state index in [0.717, 1.165) is 17.1 Å². The van der Waals surface area contributed by atoms with Gasteiger partial charge in [-0.05, 0) is 38.1 Å². The van der Waals surface area contributed by atoms with Crippen molar-refractivity contribution in [3.05, 3.63) is 42.4 Å². The zero-order chi connectivity index (χ0) is 22.8. The molecule has 0 saturated carbocycles. The quantitative estimate of drug-likeness (QED) is 0.404. The monoisotopic (exact) mass is 434 g/mol. The highest BCUT2D eigenvalue weighted by atomic mass is 16.2. The summed E-state index contributed by atoms with van der Waals surface area (Å²) in [6, 6.07) is 9.72. The number of amides is 1. The summed E-state index contributed by atoms with van der Waals surface area (Å²) in [7, 11) is 3.97. The van der Waals surface area contributed by atoms with Crippen molar-refractivity contribution in [2.75, 3.05) is 35.4 Å². The van der Waals surface area contributed by atoms with Crippen molar-refractivity contribution in [1.82, 2.24) is 29.3 Å². The molecule has 1 amide bonds. The smallest absolute Gasteiger partial charge is 0.245 e. The molecule has 0 aliphatic rings. The third-order valence-corrected chi connectivity index (χ3v) is 4.91. The van der Waals surface area contributed by atoms with Gasteiger partial charge in [0.05, 0.1) is 12.0 Å². The molecule has 4 N–H and O–H groups in total. The lowest BCUT2D eigenvalue weighted by Crippen LogP contribution is -2.20. The number of fused-ring (bicyclic) bond motifs is 1. The molecule has 0 aliphatic carbocycles. The number of anilines is 5. The number of aromatic nitrogens is 6. The fourth-order valence-corrected chi connectivity index (χ4v) is 3.37. The van der Waals surface area contributed by atoms with Crippen molar-refractivity contribution in [2.24, 2.45) is 0 Å². The molecule has 3 heterocycles. The van der Waals surface area contributed by atoms with Crippen molar-refractivity contribution in [2.45, 2.75) is 26.9 Å². The molecule has 1 aromatic carbocycles. The molecule has 0 atom stereocenters. The Bertz CT molecular complexity index is 1260. The van der Waals surface area contributed by atoms with Crippen LogP contribution in [0.25, 0.3) is 11.2 Å². The summed E-state index contributed by atoms with van der Waals surface area (Å²) in [5, 5.41) is 10.5. The third kappa shape index (κ3) is 4.31. The van der Waals surface area contributed by atoms with E-state index in [-0.39, 0.29) is 18.4 Å². The maximum Gasteiger partial charge on any atom is 0.245 e. The van der Waals surface area contributed by atoms with E-state index in [1.54, 1.807) is 15.6 Å². The van der Waals surface area contributed by atoms with E-state index >= 15 is 0 Å². The standard InChI is InChI=1S/C21H26N10O/c1-5-31-16(10-13(2)28-31)25-17(32)11-30-12-23-18-19(26-21(22)27-20(18)30)24-14-6-8-15(9-7-14)29(3)4/h6-10,12H,5,11H2,1-4H3,(H,25,32)(H3,22,24,26,27). The number of aryl methyl sites for hydroxylation is 2. The van der Waals surface area contributed by atoms with Crippen LogP contribution in [0, 0.1) is 6.92 Å². The molecule has 4 aromatic rings. The summed E-state index contributed by atoms with van der Waals surface area (Å²) >= 11 is 0. The number of nitrogens with one attached hydrogen (secondary N) is 2. The van der Waals surface area contributed by atoms with Gasteiger partial charge in [-0.2, -0.15) is 15.1 Å². The SMILES string of the molecule is CCn1nc(C)cc1NC(=O)Cn1cnc2c(Nc3ccc(N(C)C)cc3)nc(N)nc21. The van der Waals surface area contributed by atoms with E-state index in [1.165, 1.54) is 0 Å². The van der Waals surface area contributed by atoms with Crippen LogP contribution in [-0.4, -0.2) is 49.3 Å². The third-order valence-electron chi connectivity index (χ3n) is 4.91. The molecule has 166 valence electrons. The van der Waals surface area contributed by atoms with Gasteiger partial charge in [0.15, 0.2) is 17.0 Å². The number of carbonyl (C=O) groups excluding carboxylic acids is 1. The predicted octanol–water partition coefficient (Wildman–Crippen LogP) is 2.38. The minimum Gasteiger partial charge on any atom is -0.378 e. The van der Waals surface area contributed by atoms with E-state index in [0.29, 0.717) is 29.3 Å². The summed E-state index contributed by atoms with van der Waals surface area (Å²) in [4.78, 5) is 27.7. The second-order valence-corrected chi connectivity index (χ2v) is 7.58. The number of rotatable bonds is 7. The van der Waals surface area contributed by atoms with Gasteiger partial charge in [0.25, 0.3) is 0 Å². The second kappa shape index (κ2) is 8.53. The molecule has 0 spiro atoms. The summed E-state index contributed by atoms with van der Waals surface area (Å²) in [6.45, 7) is 4.53. The van der Waals surface area contributed by atoms with Crippen molar-refractivity contribution in [3.8, 4) is 0 Å². The predicted molar refractivity (Wildman–Crippen MR) is 125 cm³/mol. The molecule has 11 heteroatoms. The Kier molecular flexibility index (Phi) is 5.63. The first-order chi connectivity index (χ1) is 15.3. The number of carbonyl (C=O) groups is 1. The van der Waals surface area contributed by atoms with Gasteiger partial charge in [-0.15, -0.1) is 0 Å². The van der Waals surface area contributed by atoms with Gasteiger partial charge in [0, 0.05) is 38.1 Å². The Balaban J connectivity index is 1.56. The maximum atomic E-state index is 12.7. The topological polar surface area (TPSA) is 132 Å². The van der Waals surface area contributed by atoms with Gasteiger partial charge >= 0.3 is 0 Å². The molecule has 0 radical (unpaired) electrons. The lowest BCUT2D eigenvalue weighted by Gasteiger charge is -2.13. The Morgan fingerprint density at radius 2 is 1.94 bits per heavy atom. The molecule has 32 heavy (non-hydrogen) atoms. The van der Waals surface area contributed by atoms with Gasteiger partial charge in [-0.3, -0.25) is 4.79 Å². The van der Waals surface area contributed by atoms with E-state index in [4.69, 9.17) is 5.73 Å². The van der Waals surface area contributed by atoms with Crippen LogP contribution in [0.2, 0.25) is 0 Å². The van der Waals surface area contributed by atoms with Crippen LogP contribution in [0.15, 0.2) is 36.7 Å². The summed E-state index contributed by atoms with van der Waals surface area (Å²) < 4.78 is 3.38. The average molecular weight is 435 g/mol. The van der Waals surface area contributed by atoms with Gasteiger partial charge in [0.2, 0.25) is 11.9 Å². The Morgan fingerprint density at radius 3 is 2.62 bits per heavy atom. The van der Waals surface area contributed by atoms with Crippen LogP contribution in [0.5, 0.6) is 0 Å². The largest absolute Gasteiger partial charge is 0.378 e. The second-order valence-electron chi connectivity index (χ2n) is 7.58.